The maximum Gasteiger partial charge on any atom is 0.315 e. The van der Waals surface area contributed by atoms with Crippen LogP contribution in [0.4, 0.5) is 9.18 Å². The Morgan fingerprint density at radius 1 is 0.970 bits per heavy atom. The molecule has 0 bridgehead atoms. The van der Waals surface area contributed by atoms with E-state index in [2.05, 4.69) is 20.9 Å². The molecule has 3 rings (SSSR count). The van der Waals surface area contributed by atoms with Gasteiger partial charge in [-0.2, -0.15) is 0 Å². The van der Waals surface area contributed by atoms with Crippen LogP contribution in [-0.2, 0) is 17.9 Å². The molecule has 0 aliphatic carbocycles. The molecule has 3 aromatic rings. The van der Waals surface area contributed by atoms with Crippen LogP contribution >= 0.6 is 0 Å². The third kappa shape index (κ3) is 7.31. The molecular weight excluding hydrogens is 423 g/mol. The summed E-state index contributed by atoms with van der Waals surface area (Å²) in [4.78, 5) is 29.3. The normalized spacial score (nSPS) is 11.5. The molecule has 7 nitrogen and oxygen atoms in total. The number of amides is 3. The fourth-order valence-electron chi connectivity index (χ4n) is 3.09. The highest BCUT2D eigenvalue weighted by Gasteiger charge is 2.24. The molecule has 0 saturated heterocycles. The summed E-state index contributed by atoms with van der Waals surface area (Å²) in [5.74, 6) is -0.323. The molecule has 8 heteroatoms. The van der Waals surface area contributed by atoms with Gasteiger partial charge in [-0.3, -0.25) is 4.79 Å². The Morgan fingerprint density at radius 3 is 2.48 bits per heavy atom. The molecule has 2 aromatic carbocycles. The van der Waals surface area contributed by atoms with Crippen molar-refractivity contribution in [3.8, 4) is 11.6 Å². The summed E-state index contributed by atoms with van der Waals surface area (Å²) >= 11 is 0. The lowest BCUT2D eigenvalue weighted by atomic mass is 10.0. The largest absolute Gasteiger partial charge is 0.439 e. The van der Waals surface area contributed by atoms with E-state index in [1.165, 1.54) is 18.2 Å². The van der Waals surface area contributed by atoms with Crippen molar-refractivity contribution in [2.75, 3.05) is 0 Å². The van der Waals surface area contributed by atoms with E-state index in [9.17, 15) is 14.0 Å². The quantitative estimate of drug-likeness (QED) is 0.457. The number of pyridine rings is 1. The second-order valence-corrected chi connectivity index (χ2v) is 7.78. The molecule has 0 aliphatic rings. The minimum Gasteiger partial charge on any atom is -0.439 e. The van der Waals surface area contributed by atoms with Gasteiger partial charge in [-0.15, -0.1) is 0 Å². The van der Waals surface area contributed by atoms with Gasteiger partial charge in [0.05, 0.1) is 0 Å². The summed E-state index contributed by atoms with van der Waals surface area (Å²) in [5.41, 5.74) is 1.58. The Kier molecular flexibility index (Phi) is 8.35. The third-order valence-corrected chi connectivity index (χ3v) is 4.85. The van der Waals surface area contributed by atoms with E-state index in [0.29, 0.717) is 17.9 Å². The highest BCUT2D eigenvalue weighted by atomic mass is 19.1. The highest BCUT2D eigenvalue weighted by molar-refractivity contribution is 5.87. The van der Waals surface area contributed by atoms with E-state index in [0.717, 1.165) is 5.56 Å². The molecule has 33 heavy (non-hydrogen) atoms. The Bertz CT molecular complexity index is 1080. The molecule has 0 saturated carbocycles. The summed E-state index contributed by atoms with van der Waals surface area (Å²) < 4.78 is 19.1. The predicted octanol–water partition coefficient (Wildman–Crippen LogP) is 4.15. The van der Waals surface area contributed by atoms with Crippen molar-refractivity contribution >= 4 is 11.9 Å². The molecule has 3 amide bonds. The van der Waals surface area contributed by atoms with E-state index in [1.807, 2.05) is 44.2 Å². The van der Waals surface area contributed by atoms with Crippen molar-refractivity contribution in [3.63, 3.8) is 0 Å². The number of halogens is 1. The first-order valence-corrected chi connectivity index (χ1v) is 10.7. The van der Waals surface area contributed by atoms with Crippen molar-refractivity contribution in [1.29, 1.82) is 0 Å². The average Bonchev–Trinajstić information content (AvgIpc) is 2.81. The van der Waals surface area contributed by atoms with E-state index >= 15 is 0 Å². The van der Waals surface area contributed by atoms with Crippen molar-refractivity contribution in [1.82, 2.24) is 20.9 Å². The lowest BCUT2D eigenvalue weighted by Gasteiger charge is -2.22. The number of ether oxygens (including phenoxy) is 1. The highest BCUT2D eigenvalue weighted by Crippen LogP contribution is 2.23. The predicted molar refractivity (Wildman–Crippen MR) is 123 cm³/mol. The van der Waals surface area contributed by atoms with Crippen LogP contribution < -0.4 is 20.7 Å². The van der Waals surface area contributed by atoms with E-state index in [1.54, 1.807) is 24.4 Å². The first kappa shape index (κ1) is 23.7. The van der Waals surface area contributed by atoms with Crippen LogP contribution in [0.5, 0.6) is 11.6 Å². The Morgan fingerprint density at radius 2 is 1.76 bits per heavy atom. The van der Waals surface area contributed by atoms with Crippen LogP contribution in [0.15, 0.2) is 72.9 Å². The number of urea groups is 1. The number of rotatable bonds is 9. The van der Waals surface area contributed by atoms with Gasteiger partial charge in [0.2, 0.25) is 11.8 Å². The Labute approximate surface area is 192 Å². The van der Waals surface area contributed by atoms with Gasteiger partial charge >= 0.3 is 6.03 Å². The molecule has 1 heterocycles. The van der Waals surface area contributed by atoms with Crippen LogP contribution in [0.3, 0.4) is 0 Å². The number of benzene rings is 2. The fraction of sp³-hybridized carbons (Fsp3) is 0.240. The molecule has 0 aliphatic heterocycles. The molecule has 1 aromatic heterocycles. The number of hydrogen-bond donors (Lipinski definition) is 3. The molecule has 1 atom stereocenters. The molecular formula is C25H27FN4O3. The van der Waals surface area contributed by atoms with Gasteiger partial charge in [0.25, 0.3) is 0 Å². The SMILES string of the molecule is CC(C)C(NC(=O)NCc1ccccc1)C(=O)NCc1cccnc1Oc1cccc(F)c1. The number of aromatic nitrogens is 1. The van der Waals surface area contributed by atoms with Gasteiger partial charge in [0, 0.05) is 30.9 Å². The van der Waals surface area contributed by atoms with E-state index in [4.69, 9.17) is 4.74 Å². The van der Waals surface area contributed by atoms with E-state index in [-0.39, 0.29) is 24.2 Å². The molecule has 172 valence electrons. The van der Waals surface area contributed by atoms with Gasteiger partial charge in [0.1, 0.15) is 17.6 Å². The Balaban J connectivity index is 1.58. The zero-order valence-electron chi connectivity index (χ0n) is 18.5. The fourth-order valence-corrected chi connectivity index (χ4v) is 3.09. The smallest absolute Gasteiger partial charge is 0.315 e. The third-order valence-electron chi connectivity index (χ3n) is 4.85. The van der Waals surface area contributed by atoms with Crippen LogP contribution in [-0.4, -0.2) is 23.0 Å². The van der Waals surface area contributed by atoms with Crippen molar-refractivity contribution in [2.45, 2.75) is 33.0 Å². The minimum atomic E-state index is -0.731. The molecule has 0 radical (unpaired) electrons. The Hall–Kier alpha value is -3.94. The summed E-state index contributed by atoms with van der Waals surface area (Å²) in [6, 6.07) is 17.5. The second kappa shape index (κ2) is 11.6. The second-order valence-electron chi connectivity index (χ2n) is 7.78. The van der Waals surface area contributed by atoms with Crippen molar-refractivity contribution < 1.29 is 18.7 Å². The van der Waals surface area contributed by atoms with Crippen LogP contribution in [0.1, 0.15) is 25.0 Å². The number of nitrogens with zero attached hydrogens (tertiary/aromatic N) is 1. The first-order chi connectivity index (χ1) is 15.9. The maximum absolute atomic E-state index is 13.4. The van der Waals surface area contributed by atoms with Gasteiger partial charge < -0.3 is 20.7 Å². The lowest BCUT2D eigenvalue weighted by Crippen LogP contribution is -2.52. The van der Waals surface area contributed by atoms with Crippen LogP contribution in [0, 0.1) is 11.7 Å². The lowest BCUT2D eigenvalue weighted by molar-refractivity contribution is -0.124. The number of carbonyl (C=O) groups excluding carboxylic acids is 2. The zero-order chi connectivity index (χ0) is 23.6. The minimum absolute atomic E-state index is 0.133. The topological polar surface area (TPSA) is 92.4 Å². The number of carbonyl (C=O) groups is 2. The van der Waals surface area contributed by atoms with Gasteiger partial charge in [-0.05, 0) is 29.7 Å². The van der Waals surface area contributed by atoms with Gasteiger partial charge in [0.15, 0.2) is 0 Å². The summed E-state index contributed by atoms with van der Waals surface area (Å²) in [6.07, 6.45) is 1.55. The average molecular weight is 451 g/mol. The zero-order valence-corrected chi connectivity index (χ0v) is 18.5. The van der Waals surface area contributed by atoms with Crippen LogP contribution in [0.25, 0.3) is 0 Å². The van der Waals surface area contributed by atoms with E-state index < -0.39 is 17.9 Å². The van der Waals surface area contributed by atoms with Crippen molar-refractivity contribution in [3.05, 3.63) is 89.9 Å². The standard InChI is InChI=1S/C25H27FN4O3/c1-17(2)22(30-25(32)29-15-18-8-4-3-5-9-18)23(31)28-16-19-10-7-13-27-24(19)33-21-12-6-11-20(26)14-21/h3-14,17,22H,15-16H2,1-2H3,(H,28,31)(H2,29,30,32). The molecule has 3 N–H and O–H groups in total. The van der Waals surface area contributed by atoms with Gasteiger partial charge in [-0.25, -0.2) is 14.2 Å². The summed E-state index contributed by atoms with van der Waals surface area (Å²) in [5, 5.41) is 8.32. The summed E-state index contributed by atoms with van der Waals surface area (Å²) in [7, 11) is 0. The summed E-state index contributed by atoms with van der Waals surface area (Å²) in [6.45, 7) is 4.19. The van der Waals surface area contributed by atoms with Gasteiger partial charge in [-0.1, -0.05) is 56.3 Å². The van der Waals surface area contributed by atoms with Crippen LogP contribution in [0.2, 0.25) is 0 Å². The first-order valence-electron chi connectivity index (χ1n) is 10.7. The molecule has 0 fully saturated rings. The number of nitrogens with one attached hydrogen (secondary N) is 3. The number of hydrogen-bond acceptors (Lipinski definition) is 4. The maximum atomic E-state index is 13.4. The molecule has 0 spiro atoms. The van der Waals surface area contributed by atoms with Crippen molar-refractivity contribution in [2.24, 2.45) is 5.92 Å². The molecule has 1 unspecified atom stereocenters. The monoisotopic (exact) mass is 450 g/mol.